The molecule has 0 aliphatic carbocycles. The Bertz CT molecular complexity index is 355. The molecule has 1 aromatic rings. The molecule has 96 valence electrons. The van der Waals surface area contributed by atoms with Crippen molar-refractivity contribution >= 4 is 23.2 Å². The van der Waals surface area contributed by atoms with E-state index in [0.29, 0.717) is 17.5 Å². The molecule has 1 N–H and O–H groups in total. The van der Waals surface area contributed by atoms with E-state index < -0.39 is 0 Å². The van der Waals surface area contributed by atoms with Gasteiger partial charge >= 0.3 is 0 Å². The maximum Gasteiger partial charge on any atom is 0.123 e. The molecule has 0 saturated heterocycles. The summed E-state index contributed by atoms with van der Waals surface area (Å²) < 4.78 is 5.27. The Morgan fingerprint density at radius 2 is 2.06 bits per heavy atom. The van der Waals surface area contributed by atoms with Crippen molar-refractivity contribution in [3.05, 3.63) is 28.8 Å². The molecule has 0 fully saturated rings. The van der Waals surface area contributed by atoms with Crippen molar-refractivity contribution in [2.75, 3.05) is 13.7 Å². The predicted molar refractivity (Wildman–Crippen MR) is 74.2 cm³/mol. The first-order valence-electron chi connectivity index (χ1n) is 5.71. The molecule has 0 amide bonds. The van der Waals surface area contributed by atoms with Crippen LogP contribution in [0.15, 0.2) is 18.2 Å². The third-order valence-electron chi connectivity index (χ3n) is 2.62. The Morgan fingerprint density at radius 3 is 2.65 bits per heavy atom. The van der Waals surface area contributed by atoms with Crippen molar-refractivity contribution in [3.8, 4) is 5.75 Å². The van der Waals surface area contributed by atoms with E-state index >= 15 is 0 Å². The smallest absolute Gasteiger partial charge is 0.123 e. The monoisotopic (exact) mass is 275 g/mol. The van der Waals surface area contributed by atoms with Crippen LogP contribution in [0.2, 0.25) is 5.02 Å². The van der Waals surface area contributed by atoms with Crippen molar-refractivity contribution in [2.45, 2.75) is 25.8 Å². The number of benzene rings is 1. The Labute approximate surface area is 113 Å². The van der Waals surface area contributed by atoms with Gasteiger partial charge in [0.1, 0.15) is 5.75 Å². The highest BCUT2D eigenvalue weighted by Gasteiger charge is 2.09. The highest BCUT2D eigenvalue weighted by Crippen LogP contribution is 2.22. The lowest BCUT2D eigenvalue weighted by Gasteiger charge is -2.15. The van der Waals surface area contributed by atoms with E-state index in [1.165, 1.54) is 0 Å². The summed E-state index contributed by atoms with van der Waals surface area (Å²) in [5.74, 6) is 1.31. The molecule has 17 heavy (non-hydrogen) atoms. The van der Waals surface area contributed by atoms with Crippen LogP contribution in [-0.2, 0) is 6.54 Å². The van der Waals surface area contributed by atoms with Crippen LogP contribution in [0.4, 0.5) is 0 Å². The van der Waals surface area contributed by atoms with E-state index in [-0.39, 0.29) is 5.38 Å². The number of hydrogen-bond acceptors (Lipinski definition) is 2. The number of nitrogens with one attached hydrogen (secondary N) is 1. The summed E-state index contributed by atoms with van der Waals surface area (Å²) in [6.07, 6.45) is 0. The minimum Gasteiger partial charge on any atom is -0.496 e. The molecule has 0 bridgehead atoms. The molecule has 1 aromatic carbocycles. The van der Waals surface area contributed by atoms with Gasteiger partial charge in [-0.1, -0.05) is 25.4 Å². The quantitative estimate of drug-likeness (QED) is 0.800. The van der Waals surface area contributed by atoms with E-state index in [9.17, 15) is 0 Å². The number of alkyl halides is 1. The average molecular weight is 276 g/mol. The van der Waals surface area contributed by atoms with Crippen molar-refractivity contribution in [3.63, 3.8) is 0 Å². The molecule has 0 heterocycles. The van der Waals surface area contributed by atoms with Gasteiger partial charge < -0.3 is 10.1 Å². The number of halogens is 2. The fourth-order valence-electron chi connectivity index (χ4n) is 1.47. The number of methoxy groups -OCH3 is 1. The van der Waals surface area contributed by atoms with Crippen LogP contribution in [-0.4, -0.2) is 19.0 Å². The summed E-state index contributed by atoms with van der Waals surface area (Å²) in [5.41, 5.74) is 1.05. The summed E-state index contributed by atoms with van der Waals surface area (Å²) >= 11 is 12.1. The first-order chi connectivity index (χ1) is 8.04. The van der Waals surface area contributed by atoms with E-state index in [2.05, 4.69) is 19.2 Å². The summed E-state index contributed by atoms with van der Waals surface area (Å²) in [6, 6.07) is 5.61. The number of ether oxygens (including phenoxy) is 1. The molecule has 1 atom stereocenters. The number of hydrogen-bond donors (Lipinski definition) is 1. The van der Waals surface area contributed by atoms with Crippen LogP contribution in [0.25, 0.3) is 0 Å². The lowest BCUT2D eigenvalue weighted by atomic mass is 10.1. The van der Waals surface area contributed by atoms with Gasteiger partial charge in [0.05, 0.1) is 7.11 Å². The van der Waals surface area contributed by atoms with Crippen molar-refractivity contribution in [2.24, 2.45) is 5.92 Å². The summed E-state index contributed by atoms with van der Waals surface area (Å²) in [7, 11) is 1.66. The van der Waals surface area contributed by atoms with Gasteiger partial charge in [-0.15, -0.1) is 11.6 Å². The van der Waals surface area contributed by atoms with Crippen LogP contribution >= 0.6 is 23.2 Å². The van der Waals surface area contributed by atoms with E-state index in [1.807, 2.05) is 18.2 Å². The minimum atomic E-state index is 0.139. The molecular weight excluding hydrogens is 257 g/mol. The Kier molecular flexibility index (Phi) is 6.10. The van der Waals surface area contributed by atoms with Crippen LogP contribution in [0.5, 0.6) is 5.75 Å². The van der Waals surface area contributed by atoms with Crippen LogP contribution < -0.4 is 10.1 Å². The fraction of sp³-hybridized carbons (Fsp3) is 0.538. The zero-order chi connectivity index (χ0) is 12.8. The molecule has 1 rings (SSSR count). The van der Waals surface area contributed by atoms with E-state index in [4.69, 9.17) is 27.9 Å². The van der Waals surface area contributed by atoms with Crippen LogP contribution in [0, 0.1) is 5.92 Å². The zero-order valence-electron chi connectivity index (χ0n) is 10.5. The fourth-order valence-corrected chi connectivity index (χ4v) is 1.77. The highest BCUT2D eigenvalue weighted by atomic mass is 35.5. The molecule has 0 radical (unpaired) electrons. The Morgan fingerprint density at radius 1 is 1.35 bits per heavy atom. The third kappa shape index (κ3) is 4.74. The maximum absolute atomic E-state index is 6.17. The van der Waals surface area contributed by atoms with E-state index in [1.54, 1.807) is 7.11 Å². The normalized spacial score (nSPS) is 12.8. The van der Waals surface area contributed by atoms with Gasteiger partial charge in [0, 0.05) is 29.1 Å². The van der Waals surface area contributed by atoms with Gasteiger partial charge in [0.2, 0.25) is 0 Å². The van der Waals surface area contributed by atoms with Crippen LogP contribution in [0.1, 0.15) is 19.4 Å². The standard InChI is InChI=1S/C13H19Cl2NO/c1-9(2)12(15)8-16-7-10-6-11(14)4-5-13(10)17-3/h4-6,9,12,16H,7-8H2,1-3H3. The second kappa shape index (κ2) is 7.10. The zero-order valence-corrected chi connectivity index (χ0v) is 12.0. The van der Waals surface area contributed by atoms with Gasteiger partial charge in [0.25, 0.3) is 0 Å². The van der Waals surface area contributed by atoms with Crippen molar-refractivity contribution in [1.82, 2.24) is 5.32 Å². The average Bonchev–Trinajstić information content (AvgIpc) is 2.29. The summed E-state index contributed by atoms with van der Waals surface area (Å²) in [4.78, 5) is 0. The van der Waals surface area contributed by atoms with Gasteiger partial charge in [-0.25, -0.2) is 0 Å². The molecule has 2 nitrogen and oxygen atoms in total. The molecule has 4 heteroatoms. The Hall–Kier alpha value is -0.440. The maximum atomic E-state index is 6.17. The molecule has 0 aromatic heterocycles. The molecule has 0 aliphatic rings. The highest BCUT2D eigenvalue weighted by molar-refractivity contribution is 6.30. The van der Waals surface area contributed by atoms with Crippen molar-refractivity contribution in [1.29, 1.82) is 0 Å². The minimum absolute atomic E-state index is 0.139. The molecule has 1 unspecified atom stereocenters. The first kappa shape index (κ1) is 14.6. The number of rotatable bonds is 6. The molecule has 0 saturated carbocycles. The van der Waals surface area contributed by atoms with E-state index in [0.717, 1.165) is 17.9 Å². The topological polar surface area (TPSA) is 21.3 Å². The first-order valence-corrected chi connectivity index (χ1v) is 6.53. The second-order valence-electron chi connectivity index (χ2n) is 4.35. The van der Waals surface area contributed by atoms with Gasteiger partial charge in [-0.3, -0.25) is 0 Å². The van der Waals surface area contributed by atoms with Gasteiger partial charge in [-0.05, 0) is 24.1 Å². The Balaban J connectivity index is 2.53. The van der Waals surface area contributed by atoms with Gasteiger partial charge in [-0.2, -0.15) is 0 Å². The van der Waals surface area contributed by atoms with Gasteiger partial charge in [0.15, 0.2) is 0 Å². The third-order valence-corrected chi connectivity index (χ3v) is 3.51. The second-order valence-corrected chi connectivity index (χ2v) is 5.34. The van der Waals surface area contributed by atoms with Crippen LogP contribution in [0.3, 0.4) is 0 Å². The summed E-state index contributed by atoms with van der Waals surface area (Å²) in [6.45, 7) is 5.70. The predicted octanol–water partition coefficient (Wildman–Crippen LogP) is 3.70. The van der Waals surface area contributed by atoms with Crippen molar-refractivity contribution < 1.29 is 4.74 Å². The molecular formula is C13H19Cl2NO. The molecule has 0 aliphatic heterocycles. The lowest BCUT2D eigenvalue weighted by Crippen LogP contribution is -2.26. The SMILES string of the molecule is COc1ccc(Cl)cc1CNCC(Cl)C(C)C. The summed E-state index contributed by atoms with van der Waals surface area (Å²) in [5, 5.41) is 4.17. The molecule has 0 spiro atoms. The largest absolute Gasteiger partial charge is 0.496 e. The lowest BCUT2D eigenvalue weighted by molar-refractivity contribution is 0.407.